The molecule has 0 amide bonds. The number of hydrogen-bond donors (Lipinski definition) is 0. The number of esters is 1. The van der Waals surface area contributed by atoms with E-state index in [1.54, 1.807) is 0 Å². The molecule has 0 aromatic carbocycles. The van der Waals surface area contributed by atoms with Crippen molar-refractivity contribution in [1.82, 2.24) is 0 Å². The number of carbonyl (C=O) groups is 2. The van der Waals surface area contributed by atoms with Crippen molar-refractivity contribution in [2.75, 3.05) is 12.4 Å². The van der Waals surface area contributed by atoms with Crippen LogP contribution in [0.25, 0.3) is 0 Å². The van der Waals surface area contributed by atoms with Gasteiger partial charge in [0, 0.05) is 6.92 Å². The molecule has 6 nitrogen and oxygen atoms in total. The Balaban J connectivity index is 1.73. The Hall–Kier alpha value is -0.950. The maximum atomic E-state index is 12.0. The molecule has 1 saturated carbocycles. The van der Waals surface area contributed by atoms with Crippen molar-refractivity contribution in [2.45, 2.75) is 64.8 Å². The third kappa shape index (κ3) is 5.84. The SMILES string of the molecule is CC(=O)OC1CS[C@H](COC(=O)O[C@@H]2C[C@H](C)CC[C@H]2C(C)C)O1. The van der Waals surface area contributed by atoms with Crippen molar-refractivity contribution in [2.24, 2.45) is 17.8 Å². The topological polar surface area (TPSA) is 71.1 Å². The van der Waals surface area contributed by atoms with E-state index in [9.17, 15) is 9.59 Å². The molecule has 24 heavy (non-hydrogen) atoms. The average Bonchev–Trinajstić information content (AvgIpc) is 2.91. The summed E-state index contributed by atoms with van der Waals surface area (Å²) in [6.45, 7) is 7.96. The Morgan fingerprint density at radius 3 is 2.67 bits per heavy atom. The van der Waals surface area contributed by atoms with Gasteiger partial charge in [-0.25, -0.2) is 4.79 Å². The number of carbonyl (C=O) groups excluding carboxylic acids is 2. The highest BCUT2D eigenvalue weighted by Gasteiger charge is 2.34. The molecule has 1 aliphatic heterocycles. The van der Waals surface area contributed by atoms with E-state index in [0.717, 1.165) is 12.8 Å². The lowest BCUT2D eigenvalue weighted by Crippen LogP contribution is -2.36. The van der Waals surface area contributed by atoms with E-state index in [2.05, 4.69) is 20.8 Å². The van der Waals surface area contributed by atoms with E-state index in [1.807, 2.05) is 0 Å². The largest absolute Gasteiger partial charge is 0.508 e. The zero-order valence-corrected chi connectivity index (χ0v) is 15.7. The van der Waals surface area contributed by atoms with Crippen LogP contribution < -0.4 is 0 Å². The molecule has 1 heterocycles. The van der Waals surface area contributed by atoms with Crippen LogP contribution in [0.5, 0.6) is 0 Å². The highest BCUT2D eigenvalue weighted by molar-refractivity contribution is 8.00. The smallest absolute Gasteiger partial charge is 0.435 e. The summed E-state index contributed by atoms with van der Waals surface area (Å²) in [5.41, 5.74) is -0.326. The van der Waals surface area contributed by atoms with Crippen LogP contribution in [-0.4, -0.2) is 42.3 Å². The molecule has 2 aliphatic rings. The minimum Gasteiger partial charge on any atom is -0.435 e. The fraction of sp³-hybridized carbons (Fsp3) is 0.882. The second-order valence-electron chi connectivity index (χ2n) is 6.98. The summed E-state index contributed by atoms with van der Waals surface area (Å²) in [4.78, 5) is 22.9. The minimum atomic E-state index is -0.639. The third-order valence-corrected chi connectivity index (χ3v) is 5.65. The first-order chi connectivity index (χ1) is 11.3. The molecule has 2 fully saturated rings. The Morgan fingerprint density at radius 2 is 2.00 bits per heavy atom. The van der Waals surface area contributed by atoms with Crippen molar-refractivity contribution >= 4 is 23.9 Å². The van der Waals surface area contributed by atoms with Crippen molar-refractivity contribution in [3.63, 3.8) is 0 Å². The molecule has 0 aromatic rings. The quantitative estimate of drug-likeness (QED) is 0.694. The molecular formula is C17H28O6S. The normalized spacial score (nSPS) is 33.3. The van der Waals surface area contributed by atoms with E-state index in [4.69, 9.17) is 18.9 Å². The summed E-state index contributed by atoms with van der Waals surface area (Å²) in [7, 11) is 0. The molecule has 138 valence electrons. The Labute approximate surface area is 147 Å². The van der Waals surface area contributed by atoms with Crippen molar-refractivity contribution in [3.8, 4) is 0 Å². The lowest BCUT2D eigenvalue weighted by molar-refractivity contribution is -0.172. The van der Waals surface area contributed by atoms with E-state index in [0.29, 0.717) is 23.5 Å². The molecule has 0 N–H and O–H groups in total. The Morgan fingerprint density at radius 1 is 1.25 bits per heavy atom. The van der Waals surface area contributed by atoms with Gasteiger partial charge in [0.05, 0.1) is 5.75 Å². The van der Waals surface area contributed by atoms with Crippen LogP contribution >= 0.6 is 11.8 Å². The molecule has 1 saturated heterocycles. The summed E-state index contributed by atoms with van der Waals surface area (Å²) in [5.74, 6) is 1.59. The Kier molecular flexibility index (Phi) is 7.22. The van der Waals surface area contributed by atoms with Crippen LogP contribution in [0.2, 0.25) is 0 Å². The van der Waals surface area contributed by atoms with Crippen LogP contribution in [0, 0.1) is 17.8 Å². The van der Waals surface area contributed by atoms with Crippen molar-refractivity contribution < 1.29 is 28.5 Å². The molecule has 7 heteroatoms. The van der Waals surface area contributed by atoms with E-state index >= 15 is 0 Å². The average molecular weight is 360 g/mol. The molecule has 2 rings (SSSR count). The van der Waals surface area contributed by atoms with Gasteiger partial charge in [-0.05, 0) is 30.6 Å². The highest BCUT2D eigenvalue weighted by Crippen LogP contribution is 2.35. The van der Waals surface area contributed by atoms with Crippen molar-refractivity contribution in [1.29, 1.82) is 0 Å². The monoisotopic (exact) mass is 360 g/mol. The summed E-state index contributed by atoms with van der Waals surface area (Å²) >= 11 is 1.45. The van der Waals surface area contributed by atoms with Gasteiger partial charge in [-0.15, -0.1) is 11.8 Å². The van der Waals surface area contributed by atoms with Gasteiger partial charge in [0.15, 0.2) is 0 Å². The first-order valence-electron chi connectivity index (χ1n) is 8.62. The van der Waals surface area contributed by atoms with Crippen LogP contribution in [0.15, 0.2) is 0 Å². The lowest BCUT2D eigenvalue weighted by Gasteiger charge is -2.36. The standard InChI is InChI=1S/C17H28O6S/c1-10(2)13-6-5-11(3)7-14(13)22-17(19)20-8-16-23-15(9-24-16)21-12(4)18/h10-11,13-16H,5-9H2,1-4H3/t11-,13+,14-,15?,16-/m1/s1. The van der Waals surface area contributed by atoms with Crippen LogP contribution in [0.3, 0.4) is 0 Å². The molecule has 0 aromatic heterocycles. The first-order valence-corrected chi connectivity index (χ1v) is 9.67. The minimum absolute atomic E-state index is 0.0767. The van der Waals surface area contributed by atoms with Crippen LogP contribution in [0.4, 0.5) is 4.79 Å². The second-order valence-corrected chi connectivity index (χ2v) is 8.17. The molecule has 5 atom stereocenters. The summed E-state index contributed by atoms with van der Waals surface area (Å²) in [5, 5.41) is 0. The highest BCUT2D eigenvalue weighted by atomic mass is 32.2. The second kappa shape index (κ2) is 8.94. The van der Waals surface area contributed by atoms with Gasteiger partial charge in [0.25, 0.3) is 0 Å². The van der Waals surface area contributed by atoms with E-state index in [1.165, 1.54) is 25.1 Å². The predicted molar refractivity (Wildman–Crippen MR) is 90.4 cm³/mol. The van der Waals surface area contributed by atoms with Crippen LogP contribution in [-0.2, 0) is 23.7 Å². The van der Waals surface area contributed by atoms with Gasteiger partial charge in [0.1, 0.15) is 18.1 Å². The third-order valence-electron chi connectivity index (χ3n) is 4.57. The van der Waals surface area contributed by atoms with Gasteiger partial charge in [-0.1, -0.05) is 27.2 Å². The van der Waals surface area contributed by atoms with Crippen molar-refractivity contribution in [3.05, 3.63) is 0 Å². The van der Waals surface area contributed by atoms with E-state index < -0.39 is 12.4 Å². The van der Waals surface area contributed by atoms with Gasteiger partial charge >= 0.3 is 12.1 Å². The zero-order chi connectivity index (χ0) is 17.7. The number of thioether (sulfide) groups is 1. The fourth-order valence-electron chi connectivity index (χ4n) is 3.31. The summed E-state index contributed by atoms with van der Waals surface area (Å²) in [6.07, 6.45) is 1.87. The molecular weight excluding hydrogens is 332 g/mol. The fourth-order valence-corrected chi connectivity index (χ4v) is 4.20. The summed E-state index contributed by atoms with van der Waals surface area (Å²) in [6, 6.07) is 0. The molecule has 1 unspecified atom stereocenters. The van der Waals surface area contributed by atoms with Gasteiger partial charge in [-0.2, -0.15) is 0 Å². The zero-order valence-electron chi connectivity index (χ0n) is 14.9. The lowest BCUT2D eigenvalue weighted by atomic mass is 9.75. The maximum absolute atomic E-state index is 12.0. The molecule has 0 spiro atoms. The number of rotatable bonds is 5. The number of hydrogen-bond acceptors (Lipinski definition) is 7. The van der Waals surface area contributed by atoms with Gasteiger partial charge in [0.2, 0.25) is 6.29 Å². The predicted octanol–water partition coefficient (Wildman–Crippen LogP) is 3.58. The molecule has 0 radical (unpaired) electrons. The summed E-state index contributed by atoms with van der Waals surface area (Å²) < 4.78 is 21.2. The van der Waals surface area contributed by atoms with Gasteiger partial charge in [-0.3, -0.25) is 4.79 Å². The molecule has 1 aliphatic carbocycles. The van der Waals surface area contributed by atoms with Crippen LogP contribution in [0.1, 0.15) is 47.0 Å². The first kappa shape index (κ1) is 19.4. The van der Waals surface area contributed by atoms with Gasteiger partial charge < -0.3 is 18.9 Å². The maximum Gasteiger partial charge on any atom is 0.508 e. The molecule has 0 bridgehead atoms. The Bertz CT molecular complexity index is 441. The van der Waals surface area contributed by atoms with E-state index in [-0.39, 0.29) is 24.1 Å². The number of ether oxygens (including phenoxy) is 4.